The van der Waals surface area contributed by atoms with E-state index >= 15 is 0 Å². The molecular formula is C22H32N2O3S. The SMILES string of the molecule is CS(=O)(=O)N[C@H]1CCCN(C(=O)[C@@H]2C[C@H]2c2ccccc2C2CCCCC2)C1. The Morgan fingerprint density at radius 2 is 1.75 bits per heavy atom. The number of carbonyl (C=O) groups is 1. The van der Waals surface area contributed by atoms with E-state index in [0.717, 1.165) is 25.8 Å². The van der Waals surface area contributed by atoms with E-state index in [9.17, 15) is 13.2 Å². The molecule has 1 aliphatic heterocycles. The van der Waals surface area contributed by atoms with Crippen molar-refractivity contribution in [3.8, 4) is 0 Å². The molecule has 1 heterocycles. The van der Waals surface area contributed by atoms with E-state index in [1.54, 1.807) is 0 Å². The number of hydrogen-bond donors (Lipinski definition) is 1. The second-order valence-corrected chi connectivity index (χ2v) is 10.7. The maximum Gasteiger partial charge on any atom is 0.226 e. The van der Waals surface area contributed by atoms with Crippen LogP contribution >= 0.6 is 0 Å². The molecule has 0 aromatic heterocycles. The summed E-state index contributed by atoms with van der Waals surface area (Å²) in [7, 11) is -3.24. The minimum atomic E-state index is -3.24. The topological polar surface area (TPSA) is 66.5 Å². The molecular weight excluding hydrogens is 372 g/mol. The summed E-state index contributed by atoms with van der Waals surface area (Å²) in [6.07, 6.45) is 10.3. The van der Waals surface area contributed by atoms with Gasteiger partial charge in [-0.1, -0.05) is 43.5 Å². The van der Waals surface area contributed by atoms with Crippen LogP contribution in [0.2, 0.25) is 0 Å². The van der Waals surface area contributed by atoms with Crippen LogP contribution in [0, 0.1) is 5.92 Å². The average Bonchev–Trinajstić information content (AvgIpc) is 3.48. The van der Waals surface area contributed by atoms with Gasteiger partial charge in [0.2, 0.25) is 15.9 Å². The van der Waals surface area contributed by atoms with Gasteiger partial charge in [0.15, 0.2) is 0 Å². The molecule has 3 atom stereocenters. The number of likely N-dealkylation sites (tertiary alicyclic amines) is 1. The van der Waals surface area contributed by atoms with Crippen molar-refractivity contribution in [2.75, 3.05) is 19.3 Å². The summed E-state index contributed by atoms with van der Waals surface area (Å²) in [4.78, 5) is 15.0. The molecule has 3 fully saturated rings. The highest BCUT2D eigenvalue weighted by Crippen LogP contribution is 2.51. The Bertz CT molecular complexity index is 817. The van der Waals surface area contributed by atoms with Crippen LogP contribution in [0.1, 0.15) is 74.3 Å². The van der Waals surface area contributed by atoms with Crippen molar-refractivity contribution < 1.29 is 13.2 Å². The van der Waals surface area contributed by atoms with Crippen molar-refractivity contribution in [3.63, 3.8) is 0 Å². The standard InChI is InChI=1S/C22H32N2O3S/c1-28(26,27)23-17-10-7-13-24(15-17)22(25)21-14-20(21)19-12-6-5-11-18(19)16-8-3-2-4-9-16/h5-6,11-12,16-17,20-21,23H,2-4,7-10,13-15H2,1H3/t17-,20-,21+/m0/s1. The van der Waals surface area contributed by atoms with E-state index in [2.05, 4.69) is 29.0 Å². The summed E-state index contributed by atoms with van der Waals surface area (Å²) in [6, 6.07) is 8.59. The maximum atomic E-state index is 13.1. The quantitative estimate of drug-likeness (QED) is 0.818. The first kappa shape index (κ1) is 19.9. The van der Waals surface area contributed by atoms with Crippen LogP contribution in [0.4, 0.5) is 0 Å². The van der Waals surface area contributed by atoms with Gasteiger partial charge in [-0.15, -0.1) is 0 Å². The van der Waals surface area contributed by atoms with Crippen molar-refractivity contribution in [1.29, 1.82) is 0 Å². The van der Waals surface area contributed by atoms with Gasteiger partial charge < -0.3 is 4.90 Å². The van der Waals surface area contributed by atoms with Crippen LogP contribution in [0.15, 0.2) is 24.3 Å². The van der Waals surface area contributed by atoms with E-state index in [0.29, 0.717) is 18.4 Å². The number of carbonyl (C=O) groups excluding carboxylic acids is 1. The molecule has 1 amide bonds. The Morgan fingerprint density at radius 1 is 1.04 bits per heavy atom. The first-order valence-corrected chi connectivity index (χ1v) is 12.7. The Kier molecular flexibility index (Phi) is 5.79. The molecule has 2 saturated carbocycles. The third-order valence-corrected chi connectivity index (χ3v) is 7.42. The summed E-state index contributed by atoms with van der Waals surface area (Å²) in [5, 5.41) is 0. The lowest BCUT2D eigenvalue weighted by Gasteiger charge is -2.33. The molecule has 1 saturated heterocycles. The maximum absolute atomic E-state index is 13.1. The second kappa shape index (κ2) is 8.15. The second-order valence-electron chi connectivity index (χ2n) is 8.93. The molecule has 2 aliphatic carbocycles. The van der Waals surface area contributed by atoms with Gasteiger partial charge in [0.1, 0.15) is 0 Å². The zero-order valence-corrected chi connectivity index (χ0v) is 17.6. The Morgan fingerprint density at radius 3 is 2.46 bits per heavy atom. The molecule has 1 aromatic carbocycles. The number of piperidine rings is 1. The number of rotatable bonds is 5. The molecule has 0 bridgehead atoms. The van der Waals surface area contributed by atoms with Crippen LogP contribution in [0.25, 0.3) is 0 Å². The molecule has 28 heavy (non-hydrogen) atoms. The highest BCUT2D eigenvalue weighted by atomic mass is 32.2. The van der Waals surface area contributed by atoms with Crippen molar-refractivity contribution in [2.24, 2.45) is 5.92 Å². The fraction of sp³-hybridized carbons (Fsp3) is 0.682. The predicted octanol–water partition coefficient (Wildman–Crippen LogP) is 3.38. The lowest BCUT2D eigenvalue weighted by Crippen LogP contribution is -2.49. The number of benzene rings is 1. The van der Waals surface area contributed by atoms with Crippen LogP contribution in [0.5, 0.6) is 0 Å². The van der Waals surface area contributed by atoms with E-state index in [1.807, 2.05) is 4.90 Å². The molecule has 4 rings (SSSR count). The molecule has 3 aliphatic rings. The molecule has 1 aromatic rings. The largest absolute Gasteiger partial charge is 0.341 e. The predicted molar refractivity (Wildman–Crippen MR) is 111 cm³/mol. The Balaban J connectivity index is 1.42. The molecule has 1 N–H and O–H groups in total. The van der Waals surface area contributed by atoms with E-state index < -0.39 is 10.0 Å². The minimum Gasteiger partial charge on any atom is -0.341 e. The fourth-order valence-corrected chi connectivity index (χ4v) is 6.05. The van der Waals surface area contributed by atoms with Gasteiger partial charge in [0.25, 0.3) is 0 Å². The van der Waals surface area contributed by atoms with Gasteiger partial charge in [-0.3, -0.25) is 4.79 Å². The minimum absolute atomic E-state index is 0.0710. The van der Waals surface area contributed by atoms with Gasteiger partial charge >= 0.3 is 0 Å². The van der Waals surface area contributed by atoms with Crippen LogP contribution in [0.3, 0.4) is 0 Å². The molecule has 5 nitrogen and oxygen atoms in total. The van der Waals surface area contributed by atoms with Crippen molar-refractivity contribution >= 4 is 15.9 Å². The van der Waals surface area contributed by atoms with Crippen molar-refractivity contribution in [3.05, 3.63) is 35.4 Å². The van der Waals surface area contributed by atoms with Gasteiger partial charge in [-0.05, 0) is 55.1 Å². The van der Waals surface area contributed by atoms with Gasteiger partial charge in [-0.2, -0.15) is 0 Å². The van der Waals surface area contributed by atoms with E-state index in [4.69, 9.17) is 0 Å². The van der Waals surface area contributed by atoms with Crippen LogP contribution in [-0.2, 0) is 14.8 Å². The normalized spacial score (nSPS) is 28.9. The van der Waals surface area contributed by atoms with Crippen molar-refractivity contribution in [1.82, 2.24) is 9.62 Å². The summed E-state index contributed by atoms with van der Waals surface area (Å²) in [6.45, 7) is 1.24. The first-order valence-electron chi connectivity index (χ1n) is 10.8. The third kappa shape index (κ3) is 4.60. The van der Waals surface area contributed by atoms with E-state index in [1.165, 1.54) is 49.5 Å². The summed E-state index contributed by atoms with van der Waals surface area (Å²) < 4.78 is 25.7. The van der Waals surface area contributed by atoms with E-state index in [-0.39, 0.29) is 17.9 Å². The first-order chi connectivity index (χ1) is 13.4. The number of hydrogen-bond acceptors (Lipinski definition) is 3. The summed E-state index contributed by atoms with van der Waals surface area (Å²) in [5.41, 5.74) is 2.85. The smallest absolute Gasteiger partial charge is 0.226 e. The van der Waals surface area contributed by atoms with Gasteiger partial charge in [0, 0.05) is 25.0 Å². The number of nitrogens with one attached hydrogen (secondary N) is 1. The van der Waals surface area contributed by atoms with Gasteiger partial charge in [-0.25, -0.2) is 13.1 Å². The zero-order valence-electron chi connectivity index (χ0n) is 16.8. The Hall–Kier alpha value is -1.40. The average molecular weight is 405 g/mol. The Labute approximate surface area is 168 Å². The molecule has 0 unspecified atom stereocenters. The zero-order chi connectivity index (χ0) is 19.7. The highest BCUT2D eigenvalue weighted by Gasteiger charge is 2.47. The molecule has 0 spiro atoms. The fourth-order valence-electron chi connectivity index (χ4n) is 5.26. The lowest BCUT2D eigenvalue weighted by atomic mass is 9.81. The number of sulfonamides is 1. The number of nitrogens with zero attached hydrogens (tertiary/aromatic N) is 1. The number of amides is 1. The highest BCUT2D eigenvalue weighted by molar-refractivity contribution is 7.88. The third-order valence-electron chi connectivity index (χ3n) is 6.66. The summed E-state index contributed by atoms with van der Waals surface area (Å²) in [5.74, 6) is 1.28. The van der Waals surface area contributed by atoms with Gasteiger partial charge in [0.05, 0.1) is 6.26 Å². The summed E-state index contributed by atoms with van der Waals surface area (Å²) >= 11 is 0. The molecule has 6 heteroatoms. The van der Waals surface area contributed by atoms with Crippen LogP contribution in [-0.4, -0.2) is 44.6 Å². The van der Waals surface area contributed by atoms with Crippen molar-refractivity contribution in [2.45, 2.75) is 69.2 Å². The lowest BCUT2D eigenvalue weighted by molar-refractivity contribution is -0.133. The monoisotopic (exact) mass is 404 g/mol. The van der Waals surface area contributed by atoms with Crippen LogP contribution < -0.4 is 4.72 Å². The molecule has 154 valence electrons. The molecule has 0 radical (unpaired) electrons.